The minimum atomic E-state index is -0.0412. The molecular weight excluding hydrogens is 392 g/mol. The number of aromatic nitrogens is 1. The van der Waals surface area contributed by atoms with E-state index in [0.717, 1.165) is 54.6 Å². The summed E-state index contributed by atoms with van der Waals surface area (Å²) in [5, 5.41) is 5.92. The first-order valence-corrected chi connectivity index (χ1v) is 11.4. The fraction of sp³-hybridized carbons (Fsp3) is 0.333. The molecule has 1 aliphatic rings. The van der Waals surface area contributed by atoms with Gasteiger partial charge in [-0.25, -0.2) is 4.98 Å². The van der Waals surface area contributed by atoms with Gasteiger partial charge in [0.25, 0.3) is 0 Å². The van der Waals surface area contributed by atoms with Gasteiger partial charge in [0, 0.05) is 48.5 Å². The number of hydrogen-bond donors (Lipinski definition) is 1. The summed E-state index contributed by atoms with van der Waals surface area (Å²) in [6.45, 7) is 6.38. The number of rotatable bonds is 6. The number of likely N-dealkylation sites (N-methyl/N-ethyl adjacent to an activating group) is 1. The highest BCUT2D eigenvalue weighted by molar-refractivity contribution is 7.13. The molecule has 3 aromatic rings. The summed E-state index contributed by atoms with van der Waals surface area (Å²) in [6, 6.07) is 16.6. The SMILES string of the molecule is CCc1ccc(-c2nc(CC(=O)Nc3ccc(N4CCN(C)CC4)cc3)cs2)cc1. The van der Waals surface area contributed by atoms with Gasteiger partial charge in [0.15, 0.2) is 0 Å². The lowest BCUT2D eigenvalue weighted by Crippen LogP contribution is -2.44. The van der Waals surface area contributed by atoms with Crippen molar-refractivity contribution >= 4 is 28.6 Å². The number of nitrogens with zero attached hydrogens (tertiary/aromatic N) is 3. The van der Waals surface area contributed by atoms with Crippen LogP contribution in [-0.4, -0.2) is 49.0 Å². The standard InChI is InChI=1S/C24H28N4OS/c1-3-18-4-6-19(7-5-18)24-26-21(17-30-24)16-23(29)25-20-8-10-22(11-9-20)28-14-12-27(2)13-15-28/h4-11,17H,3,12-16H2,1-2H3,(H,25,29). The molecule has 30 heavy (non-hydrogen) atoms. The van der Waals surface area contributed by atoms with Crippen molar-refractivity contribution in [1.29, 1.82) is 0 Å². The van der Waals surface area contributed by atoms with Crippen LogP contribution < -0.4 is 10.2 Å². The molecule has 5 nitrogen and oxygen atoms in total. The minimum Gasteiger partial charge on any atom is -0.369 e. The van der Waals surface area contributed by atoms with Crippen LogP contribution in [0.5, 0.6) is 0 Å². The predicted molar refractivity (Wildman–Crippen MR) is 125 cm³/mol. The predicted octanol–water partition coefficient (Wildman–Crippen LogP) is 4.31. The number of nitrogens with one attached hydrogen (secondary N) is 1. The smallest absolute Gasteiger partial charge is 0.230 e. The Balaban J connectivity index is 1.33. The first-order chi connectivity index (χ1) is 14.6. The number of carbonyl (C=O) groups is 1. The summed E-state index contributed by atoms with van der Waals surface area (Å²) >= 11 is 1.58. The zero-order valence-electron chi connectivity index (χ0n) is 17.6. The maximum absolute atomic E-state index is 12.5. The first kappa shape index (κ1) is 20.6. The van der Waals surface area contributed by atoms with E-state index in [4.69, 9.17) is 0 Å². The quantitative estimate of drug-likeness (QED) is 0.646. The Hall–Kier alpha value is -2.70. The Kier molecular flexibility index (Phi) is 6.45. The fourth-order valence-corrected chi connectivity index (χ4v) is 4.42. The van der Waals surface area contributed by atoms with Gasteiger partial charge >= 0.3 is 0 Å². The third-order valence-electron chi connectivity index (χ3n) is 5.52. The number of amides is 1. The van der Waals surface area contributed by atoms with Crippen LogP contribution in [-0.2, 0) is 17.6 Å². The van der Waals surface area contributed by atoms with E-state index in [1.165, 1.54) is 11.3 Å². The van der Waals surface area contributed by atoms with Crippen molar-refractivity contribution in [3.05, 3.63) is 65.2 Å². The average Bonchev–Trinajstić information content (AvgIpc) is 3.23. The molecule has 1 aromatic heterocycles. The highest BCUT2D eigenvalue weighted by Crippen LogP contribution is 2.25. The van der Waals surface area contributed by atoms with Crippen molar-refractivity contribution < 1.29 is 4.79 Å². The van der Waals surface area contributed by atoms with Crippen LogP contribution >= 0.6 is 11.3 Å². The Labute approximate surface area is 182 Å². The van der Waals surface area contributed by atoms with Crippen molar-refractivity contribution in [2.75, 3.05) is 43.4 Å². The van der Waals surface area contributed by atoms with Crippen LogP contribution in [0.2, 0.25) is 0 Å². The summed E-state index contributed by atoms with van der Waals surface area (Å²) in [5.41, 5.74) is 5.25. The number of thiazole rings is 1. The largest absolute Gasteiger partial charge is 0.369 e. The van der Waals surface area contributed by atoms with Gasteiger partial charge in [0.2, 0.25) is 5.91 Å². The molecule has 0 bridgehead atoms. The molecule has 1 fully saturated rings. The average molecular weight is 421 g/mol. The minimum absolute atomic E-state index is 0.0412. The Morgan fingerprint density at radius 1 is 1.03 bits per heavy atom. The summed E-state index contributed by atoms with van der Waals surface area (Å²) < 4.78 is 0. The highest BCUT2D eigenvalue weighted by Gasteiger charge is 2.14. The molecule has 1 amide bonds. The van der Waals surface area contributed by atoms with Crippen LogP contribution in [0.3, 0.4) is 0 Å². The van der Waals surface area contributed by atoms with Crippen molar-refractivity contribution in [3.8, 4) is 10.6 Å². The van der Waals surface area contributed by atoms with Gasteiger partial charge < -0.3 is 15.1 Å². The molecule has 6 heteroatoms. The number of hydrogen-bond acceptors (Lipinski definition) is 5. The molecule has 2 heterocycles. The second-order valence-corrected chi connectivity index (χ2v) is 8.61. The molecule has 0 saturated carbocycles. The number of anilines is 2. The normalized spacial score (nSPS) is 14.7. The summed E-state index contributed by atoms with van der Waals surface area (Å²) in [6.07, 6.45) is 1.31. The van der Waals surface area contributed by atoms with E-state index >= 15 is 0 Å². The van der Waals surface area contributed by atoms with Crippen molar-refractivity contribution in [1.82, 2.24) is 9.88 Å². The van der Waals surface area contributed by atoms with E-state index in [1.807, 2.05) is 17.5 Å². The molecule has 156 valence electrons. The highest BCUT2D eigenvalue weighted by atomic mass is 32.1. The second-order valence-electron chi connectivity index (χ2n) is 7.76. The Morgan fingerprint density at radius 3 is 2.40 bits per heavy atom. The number of piperazine rings is 1. The lowest BCUT2D eigenvalue weighted by Gasteiger charge is -2.34. The maximum atomic E-state index is 12.5. The van der Waals surface area contributed by atoms with Gasteiger partial charge in [-0.05, 0) is 43.3 Å². The molecule has 0 spiro atoms. The van der Waals surface area contributed by atoms with Gasteiger partial charge in [-0.1, -0.05) is 31.2 Å². The van der Waals surface area contributed by atoms with E-state index in [2.05, 4.69) is 70.5 Å². The molecule has 4 rings (SSSR count). The van der Waals surface area contributed by atoms with E-state index in [9.17, 15) is 4.79 Å². The molecule has 1 N–H and O–H groups in total. The third-order valence-corrected chi connectivity index (χ3v) is 6.46. The van der Waals surface area contributed by atoms with Gasteiger partial charge in [-0.3, -0.25) is 4.79 Å². The van der Waals surface area contributed by atoms with Crippen LogP contribution in [0, 0.1) is 0 Å². The van der Waals surface area contributed by atoms with Crippen molar-refractivity contribution in [2.45, 2.75) is 19.8 Å². The van der Waals surface area contributed by atoms with E-state index in [1.54, 1.807) is 11.3 Å². The van der Waals surface area contributed by atoms with Crippen LogP contribution in [0.4, 0.5) is 11.4 Å². The molecular formula is C24H28N4OS. The topological polar surface area (TPSA) is 48.5 Å². The van der Waals surface area contributed by atoms with Crippen molar-refractivity contribution in [3.63, 3.8) is 0 Å². The number of benzene rings is 2. The summed E-state index contributed by atoms with van der Waals surface area (Å²) in [7, 11) is 2.16. The molecule has 0 atom stereocenters. The van der Waals surface area contributed by atoms with Crippen LogP contribution in [0.1, 0.15) is 18.2 Å². The summed E-state index contributed by atoms with van der Waals surface area (Å²) in [5.74, 6) is -0.0412. The monoisotopic (exact) mass is 420 g/mol. The van der Waals surface area contributed by atoms with E-state index < -0.39 is 0 Å². The number of aryl methyl sites for hydroxylation is 1. The molecule has 2 aromatic carbocycles. The van der Waals surface area contributed by atoms with Crippen LogP contribution in [0.25, 0.3) is 10.6 Å². The zero-order valence-corrected chi connectivity index (χ0v) is 18.4. The molecule has 0 radical (unpaired) electrons. The first-order valence-electron chi connectivity index (χ1n) is 10.5. The zero-order chi connectivity index (χ0) is 20.9. The summed E-state index contributed by atoms with van der Waals surface area (Å²) in [4.78, 5) is 21.8. The lowest BCUT2D eigenvalue weighted by molar-refractivity contribution is -0.115. The second kappa shape index (κ2) is 9.41. The van der Waals surface area contributed by atoms with Gasteiger partial charge in [0.1, 0.15) is 5.01 Å². The Morgan fingerprint density at radius 2 is 1.73 bits per heavy atom. The molecule has 0 aliphatic carbocycles. The number of carbonyl (C=O) groups excluding carboxylic acids is 1. The van der Waals surface area contributed by atoms with E-state index in [0.29, 0.717) is 0 Å². The van der Waals surface area contributed by atoms with Crippen molar-refractivity contribution in [2.24, 2.45) is 0 Å². The molecule has 0 unspecified atom stereocenters. The lowest BCUT2D eigenvalue weighted by atomic mass is 10.1. The van der Waals surface area contributed by atoms with Gasteiger partial charge in [-0.2, -0.15) is 0 Å². The molecule has 1 saturated heterocycles. The van der Waals surface area contributed by atoms with Gasteiger partial charge in [-0.15, -0.1) is 11.3 Å². The maximum Gasteiger partial charge on any atom is 0.230 e. The van der Waals surface area contributed by atoms with Crippen LogP contribution in [0.15, 0.2) is 53.9 Å². The Bertz CT molecular complexity index is 973. The van der Waals surface area contributed by atoms with Gasteiger partial charge in [0.05, 0.1) is 12.1 Å². The third kappa shape index (κ3) is 5.07. The van der Waals surface area contributed by atoms with E-state index in [-0.39, 0.29) is 12.3 Å². The molecule has 1 aliphatic heterocycles. The fourth-order valence-electron chi connectivity index (χ4n) is 3.59.